The highest BCUT2D eigenvalue weighted by Gasteiger charge is 2.05. The fourth-order valence-electron chi connectivity index (χ4n) is 1.33. The van der Waals surface area contributed by atoms with Crippen LogP contribution in [-0.2, 0) is 0 Å². The molecule has 3 nitrogen and oxygen atoms in total. The molecule has 0 amide bonds. The van der Waals surface area contributed by atoms with Crippen molar-refractivity contribution in [1.29, 1.82) is 5.26 Å². The lowest BCUT2D eigenvalue weighted by Crippen LogP contribution is -1.97. The summed E-state index contributed by atoms with van der Waals surface area (Å²) in [7, 11) is 0. The minimum absolute atomic E-state index is 0.135. The van der Waals surface area contributed by atoms with Crippen molar-refractivity contribution in [2.45, 2.75) is 0 Å². The standard InChI is InChI=1S/C12H7F2N3/c13-9-4-5-10(8(6-9)7-15)16-12-3-1-2-11(14)17-12/h1-6H,(H,16,17). The van der Waals surface area contributed by atoms with Gasteiger partial charge < -0.3 is 5.32 Å². The largest absolute Gasteiger partial charge is 0.339 e. The number of benzene rings is 1. The molecule has 0 aliphatic carbocycles. The van der Waals surface area contributed by atoms with E-state index in [9.17, 15) is 8.78 Å². The quantitative estimate of drug-likeness (QED) is 0.808. The van der Waals surface area contributed by atoms with Crippen LogP contribution in [0.25, 0.3) is 0 Å². The Morgan fingerprint density at radius 1 is 1.18 bits per heavy atom. The lowest BCUT2D eigenvalue weighted by atomic mass is 10.2. The third-order valence-electron chi connectivity index (χ3n) is 2.08. The number of nitrogens with zero attached hydrogens (tertiary/aromatic N) is 2. The molecule has 5 heteroatoms. The van der Waals surface area contributed by atoms with E-state index in [1.54, 1.807) is 6.07 Å². The first-order chi connectivity index (χ1) is 8.19. The third kappa shape index (κ3) is 2.55. The molecule has 0 spiro atoms. The fourth-order valence-corrected chi connectivity index (χ4v) is 1.33. The zero-order chi connectivity index (χ0) is 12.3. The smallest absolute Gasteiger partial charge is 0.214 e. The molecule has 0 saturated heterocycles. The summed E-state index contributed by atoms with van der Waals surface area (Å²) < 4.78 is 25.7. The maximum absolute atomic E-state index is 12.9. The van der Waals surface area contributed by atoms with Crippen molar-refractivity contribution in [2.75, 3.05) is 5.32 Å². The summed E-state index contributed by atoms with van der Waals surface area (Å²) >= 11 is 0. The van der Waals surface area contributed by atoms with E-state index in [2.05, 4.69) is 10.3 Å². The second kappa shape index (κ2) is 4.58. The number of nitriles is 1. The summed E-state index contributed by atoms with van der Waals surface area (Å²) in [4.78, 5) is 3.59. The van der Waals surface area contributed by atoms with Crippen molar-refractivity contribution >= 4 is 11.5 Å². The van der Waals surface area contributed by atoms with Gasteiger partial charge in [0, 0.05) is 0 Å². The molecule has 0 aliphatic rings. The van der Waals surface area contributed by atoms with Crippen molar-refractivity contribution in [1.82, 2.24) is 4.98 Å². The molecular formula is C12H7F2N3. The normalized spacial score (nSPS) is 9.71. The van der Waals surface area contributed by atoms with Gasteiger partial charge in [-0.25, -0.2) is 9.37 Å². The first-order valence-electron chi connectivity index (χ1n) is 4.78. The van der Waals surface area contributed by atoms with E-state index in [1.165, 1.54) is 24.3 Å². The highest BCUT2D eigenvalue weighted by molar-refractivity contribution is 5.64. The minimum atomic E-state index is -0.629. The first kappa shape index (κ1) is 11.0. The van der Waals surface area contributed by atoms with Crippen molar-refractivity contribution < 1.29 is 8.78 Å². The van der Waals surface area contributed by atoms with Gasteiger partial charge in [-0.3, -0.25) is 0 Å². The molecule has 17 heavy (non-hydrogen) atoms. The lowest BCUT2D eigenvalue weighted by molar-refractivity contribution is 0.585. The number of hydrogen-bond donors (Lipinski definition) is 1. The number of rotatable bonds is 2. The first-order valence-corrected chi connectivity index (χ1v) is 4.78. The van der Waals surface area contributed by atoms with Crippen LogP contribution >= 0.6 is 0 Å². The third-order valence-corrected chi connectivity index (χ3v) is 2.08. The van der Waals surface area contributed by atoms with E-state index in [0.29, 0.717) is 5.69 Å². The minimum Gasteiger partial charge on any atom is -0.339 e. The van der Waals surface area contributed by atoms with Gasteiger partial charge in [0.1, 0.15) is 17.7 Å². The zero-order valence-corrected chi connectivity index (χ0v) is 8.61. The van der Waals surface area contributed by atoms with Gasteiger partial charge in [-0.1, -0.05) is 6.07 Å². The number of anilines is 2. The predicted molar refractivity (Wildman–Crippen MR) is 58.6 cm³/mol. The van der Waals surface area contributed by atoms with Crippen LogP contribution in [0.5, 0.6) is 0 Å². The zero-order valence-electron chi connectivity index (χ0n) is 8.61. The summed E-state index contributed by atoms with van der Waals surface area (Å²) in [6.45, 7) is 0. The van der Waals surface area contributed by atoms with Gasteiger partial charge in [-0.15, -0.1) is 0 Å². The molecule has 0 unspecified atom stereocenters. The van der Waals surface area contributed by atoms with Gasteiger partial charge in [0.15, 0.2) is 0 Å². The molecule has 0 fully saturated rings. The molecule has 2 aromatic rings. The van der Waals surface area contributed by atoms with E-state index < -0.39 is 11.8 Å². The second-order valence-electron chi connectivity index (χ2n) is 3.27. The monoisotopic (exact) mass is 231 g/mol. The van der Waals surface area contributed by atoms with Gasteiger partial charge in [-0.2, -0.15) is 9.65 Å². The van der Waals surface area contributed by atoms with Crippen molar-refractivity contribution in [2.24, 2.45) is 0 Å². The van der Waals surface area contributed by atoms with Crippen molar-refractivity contribution in [3.05, 3.63) is 53.7 Å². The highest BCUT2D eigenvalue weighted by Crippen LogP contribution is 2.20. The molecule has 0 radical (unpaired) electrons. The summed E-state index contributed by atoms with van der Waals surface area (Å²) in [5.74, 6) is -0.872. The van der Waals surface area contributed by atoms with E-state index >= 15 is 0 Å². The number of aromatic nitrogens is 1. The lowest BCUT2D eigenvalue weighted by Gasteiger charge is -2.07. The van der Waals surface area contributed by atoms with Crippen LogP contribution in [0.2, 0.25) is 0 Å². The van der Waals surface area contributed by atoms with Gasteiger partial charge in [0.25, 0.3) is 0 Å². The van der Waals surface area contributed by atoms with E-state index in [0.717, 1.165) is 6.07 Å². The Labute approximate surface area is 96.3 Å². The summed E-state index contributed by atoms with van der Waals surface area (Å²) in [6, 6.07) is 9.81. The Hall–Kier alpha value is -2.48. The topological polar surface area (TPSA) is 48.7 Å². The van der Waals surface area contributed by atoms with Crippen LogP contribution in [0.4, 0.5) is 20.3 Å². The maximum atomic E-state index is 12.9. The maximum Gasteiger partial charge on any atom is 0.214 e. The Morgan fingerprint density at radius 2 is 2.00 bits per heavy atom. The molecule has 0 atom stereocenters. The summed E-state index contributed by atoms with van der Waals surface area (Å²) in [5, 5.41) is 11.6. The molecule has 1 heterocycles. The molecule has 1 N–H and O–H groups in total. The van der Waals surface area contributed by atoms with Gasteiger partial charge >= 0.3 is 0 Å². The molecule has 1 aromatic heterocycles. The molecule has 1 aromatic carbocycles. The van der Waals surface area contributed by atoms with E-state index in [4.69, 9.17) is 5.26 Å². The van der Waals surface area contributed by atoms with Crippen LogP contribution in [0, 0.1) is 23.1 Å². The summed E-state index contributed by atoms with van der Waals surface area (Å²) in [5.41, 5.74) is 0.517. The molecule has 0 saturated carbocycles. The van der Waals surface area contributed by atoms with Gasteiger partial charge in [0.2, 0.25) is 5.95 Å². The average molecular weight is 231 g/mol. The van der Waals surface area contributed by atoms with Crippen LogP contribution in [0.15, 0.2) is 36.4 Å². The fraction of sp³-hybridized carbons (Fsp3) is 0. The Morgan fingerprint density at radius 3 is 2.71 bits per heavy atom. The molecular weight excluding hydrogens is 224 g/mol. The van der Waals surface area contributed by atoms with E-state index in [1.807, 2.05) is 6.07 Å². The van der Waals surface area contributed by atoms with Crippen LogP contribution in [0.3, 0.4) is 0 Å². The summed E-state index contributed by atoms with van der Waals surface area (Å²) in [6.07, 6.45) is 0. The highest BCUT2D eigenvalue weighted by atomic mass is 19.1. The average Bonchev–Trinajstić information content (AvgIpc) is 2.31. The molecule has 0 bridgehead atoms. The predicted octanol–water partition coefficient (Wildman–Crippen LogP) is 2.98. The Balaban J connectivity index is 2.34. The van der Waals surface area contributed by atoms with Gasteiger partial charge in [0.05, 0.1) is 11.3 Å². The van der Waals surface area contributed by atoms with Crippen LogP contribution < -0.4 is 5.32 Å². The Kier molecular flexibility index (Phi) is 2.97. The van der Waals surface area contributed by atoms with E-state index in [-0.39, 0.29) is 11.4 Å². The number of hydrogen-bond acceptors (Lipinski definition) is 3. The van der Waals surface area contributed by atoms with Crippen LogP contribution in [-0.4, -0.2) is 4.98 Å². The molecule has 2 rings (SSSR count). The Bertz CT molecular complexity index is 591. The van der Waals surface area contributed by atoms with Crippen molar-refractivity contribution in [3.63, 3.8) is 0 Å². The number of pyridine rings is 1. The molecule has 0 aliphatic heterocycles. The SMILES string of the molecule is N#Cc1cc(F)ccc1Nc1cccc(F)n1. The number of nitrogens with one attached hydrogen (secondary N) is 1. The van der Waals surface area contributed by atoms with Gasteiger partial charge in [-0.05, 0) is 30.3 Å². The van der Waals surface area contributed by atoms with Crippen LogP contribution in [0.1, 0.15) is 5.56 Å². The number of halogens is 2. The van der Waals surface area contributed by atoms with Crippen molar-refractivity contribution in [3.8, 4) is 6.07 Å². The second-order valence-corrected chi connectivity index (χ2v) is 3.27. The molecule has 84 valence electrons.